The second-order valence-corrected chi connectivity index (χ2v) is 5.46. The number of rotatable bonds is 3. The first-order chi connectivity index (χ1) is 8.11. The van der Waals surface area contributed by atoms with Crippen LogP contribution < -0.4 is 10.2 Å². The van der Waals surface area contributed by atoms with Crippen LogP contribution in [0.3, 0.4) is 0 Å². The second-order valence-electron chi connectivity index (χ2n) is 5.46. The molecule has 4 heteroatoms. The molecule has 0 aliphatic carbocycles. The lowest BCUT2D eigenvalue weighted by atomic mass is 9.84. The molecule has 94 valence electrons. The molecule has 0 spiro atoms. The number of hydrogen-bond acceptors (Lipinski definition) is 4. The van der Waals surface area contributed by atoms with E-state index in [0.717, 1.165) is 31.4 Å². The van der Waals surface area contributed by atoms with Crippen LogP contribution in [0.4, 0.5) is 11.8 Å². The summed E-state index contributed by atoms with van der Waals surface area (Å²) in [5.74, 6) is 1.78. The van der Waals surface area contributed by atoms with Crippen LogP contribution in [0.15, 0.2) is 12.3 Å². The molecule has 0 amide bonds. The minimum atomic E-state index is 0.390. The summed E-state index contributed by atoms with van der Waals surface area (Å²) in [6.45, 7) is 9.74. The van der Waals surface area contributed by atoms with Crippen molar-refractivity contribution in [2.24, 2.45) is 5.41 Å². The van der Waals surface area contributed by atoms with Gasteiger partial charge < -0.3 is 10.2 Å². The van der Waals surface area contributed by atoms with Crippen molar-refractivity contribution >= 4 is 11.8 Å². The summed E-state index contributed by atoms with van der Waals surface area (Å²) in [6, 6.07) is 2.00. The third kappa shape index (κ3) is 3.08. The summed E-state index contributed by atoms with van der Waals surface area (Å²) in [5, 5.41) is 3.16. The molecule has 2 rings (SSSR count). The fraction of sp³-hybridized carbons (Fsp3) is 0.692. The van der Waals surface area contributed by atoms with Gasteiger partial charge in [0.15, 0.2) is 0 Å². The van der Waals surface area contributed by atoms with E-state index in [1.807, 2.05) is 12.3 Å². The maximum atomic E-state index is 4.56. The highest BCUT2D eigenvalue weighted by atomic mass is 15.2. The highest BCUT2D eigenvalue weighted by Gasteiger charge is 2.27. The molecular weight excluding hydrogens is 212 g/mol. The third-order valence-corrected chi connectivity index (χ3v) is 3.20. The summed E-state index contributed by atoms with van der Waals surface area (Å²) >= 11 is 0. The lowest BCUT2D eigenvalue weighted by Gasteiger charge is -2.38. The number of nitrogens with zero attached hydrogens (tertiary/aromatic N) is 3. The van der Waals surface area contributed by atoms with Gasteiger partial charge in [0.1, 0.15) is 5.82 Å². The maximum absolute atomic E-state index is 4.56. The van der Waals surface area contributed by atoms with Crippen molar-refractivity contribution in [3.05, 3.63) is 12.3 Å². The van der Waals surface area contributed by atoms with E-state index >= 15 is 0 Å². The van der Waals surface area contributed by atoms with Gasteiger partial charge in [-0.15, -0.1) is 0 Å². The molecule has 0 bridgehead atoms. The molecule has 4 nitrogen and oxygen atoms in total. The minimum Gasteiger partial charge on any atom is -0.356 e. The van der Waals surface area contributed by atoms with Crippen LogP contribution in [0.25, 0.3) is 0 Å². The van der Waals surface area contributed by atoms with Crippen LogP contribution in [0.2, 0.25) is 0 Å². The number of aromatic nitrogens is 2. The fourth-order valence-corrected chi connectivity index (χ4v) is 2.39. The van der Waals surface area contributed by atoms with Crippen molar-refractivity contribution in [2.45, 2.75) is 33.6 Å². The van der Waals surface area contributed by atoms with Crippen molar-refractivity contribution in [1.29, 1.82) is 0 Å². The Morgan fingerprint density at radius 3 is 3.00 bits per heavy atom. The fourth-order valence-electron chi connectivity index (χ4n) is 2.39. The van der Waals surface area contributed by atoms with Gasteiger partial charge in [-0.25, -0.2) is 4.98 Å². The Hall–Kier alpha value is -1.32. The first kappa shape index (κ1) is 12.1. The molecular formula is C13H22N4. The van der Waals surface area contributed by atoms with Crippen LogP contribution in [0.5, 0.6) is 0 Å². The zero-order valence-electron chi connectivity index (χ0n) is 11.0. The van der Waals surface area contributed by atoms with Gasteiger partial charge in [0.05, 0.1) is 0 Å². The Morgan fingerprint density at radius 2 is 2.29 bits per heavy atom. The van der Waals surface area contributed by atoms with E-state index < -0.39 is 0 Å². The Bertz CT molecular complexity index is 375. The van der Waals surface area contributed by atoms with Crippen molar-refractivity contribution in [3.63, 3.8) is 0 Å². The van der Waals surface area contributed by atoms with E-state index in [9.17, 15) is 0 Å². The molecule has 1 N–H and O–H groups in total. The molecule has 1 aromatic rings. The molecule has 1 saturated heterocycles. The van der Waals surface area contributed by atoms with Crippen molar-refractivity contribution < 1.29 is 0 Å². The zero-order valence-corrected chi connectivity index (χ0v) is 11.0. The third-order valence-electron chi connectivity index (χ3n) is 3.20. The number of anilines is 2. The largest absolute Gasteiger partial charge is 0.356 e. The molecule has 1 aromatic heterocycles. The van der Waals surface area contributed by atoms with E-state index in [2.05, 4.69) is 41.0 Å². The molecule has 0 unspecified atom stereocenters. The Kier molecular flexibility index (Phi) is 3.50. The van der Waals surface area contributed by atoms with Crippen LogP contribution in [-0.4, -0.2) is 29.6 Å². The van der Waals surface area contributed by atoms with E-state index in [0.29, 0.717) is 5.41 Å². The molecule has 1 aliphatic heterocycles. The summed E-state index contributed by atoms with van der Waals surface area (Å²) < 4.78 is 0. The Balaban J connectivity index is 2.13. The summed E-state index contributed by atoms with van der Waals surface area (Å²) in [5.41, 5.74) is 0.390. The zero-order chi connectivity index (χ0) is 12.3. The summed E-state index contributed by atoms with van der Waals surface area (Å²) in [4.78, 5) is 11.1. The SMILES string of the molecule is CCNc1nccc(N2CCCC(C)(C)C2)n1. The Labute approximate surface area is 103 Å². The standard InChI is InChI=1S/C13H22N4/c1-4-14-12-15-8-6-11(16-12)17-9-5-7-13(2,3)10-17/h6,8H,4-5,7,9-10H2,1-3H3,(H,14,15,16). The average molecular weight is 234 g/mol. The molecule has 0 radical (unpaired) electrons. The first-order valence-electron chi connectivity index (χ1n) is 6.42. The van der Waals surface area contributed by atoms with E-state index in [1.54, 1.807) is 0 Å². The highest BCUT2D eigenvalue weighted by Crippen LogP contribution is 2.30. The monoisotopic (exact) mass is 234 g/mol. The van der Waals surface area contributed by atoms with Crippen molar-refractivity contribution in [2.75, 3.05) is 29.9 Å². The maximum Gasteiger partial charge on any atom is 0.224 e. The quantitative estimate of drug-likeness (QED) is 0.872. The van der Waals surface area contributed by atoms with E-state index in [-0.39, 0.29) is 0 Å². The lowest BCUT2D eigenvalue weighted by molar-refractivity contribution is 0.292. The Morgan fingerprint density at radius 1 is 1.47 bits per heavy atom. The second kappa shape index (κ2) is 4.90. The molecule has 17 heavy (non-hydrogen) atoms. The van der Waals surface area contributed by atoms with Gasteiger partial charge in [-0.1, -0.05) is 13.8 Å². The van der Waals surface area contributed by atoms with Crippen LogP contribution >= 0.6 is 0 Å². The van der Waals surface area contributed by atoms with Gasteiger partial charge in [-0.3, -0.25) is 0 Å². The molecule has 0 saturated carbocycles. The average Bonchev–Trinajstić information content (AvgIpc) is 2.28. The first-order valence-corrected chi connectivity index (χ1v) is 6.42. The topological polar surface area (TPSA) is 41.1 Å². The van der Waals surface area contributed by atoms with Gasteiger partial charge in [-0.05, 0) is 31.2 Å². The highest BCUT2D eigenvalue weighted by molar-refractivity contribution is 5.43. The van der Waals surface area contributed by atoms with Crippen molar-refractivity contribution in [1.82, 2.24) is 9.97 Å². The van der Waals surface area contributed by atoms with Crippen LogP contribution in [0, 0.1) is 5.41 Å². The molecule has 0 aromatic carbocycles. The predicted molar refractivity (Wildman–Crippen MR) is 71.4 cm³/mol. The van der Waals surface area contributed by atoms with Gasteiger partial charge in [0, 0.05) is 25.8 Å². The molecule has 1 fully saturated rings. The summed E-state index contributed by atoms with van der Waals surface area (Å²) in [7, 11) is 0. The minimum absolute atomic E-state index is 0.390. The predicted octanol–water partition coefficient (Wildman–Crippen LogP) is 2.53. The normalized spacial score (nSPS) is 19.1. The van der Waals surface area contributed by atoms with Gasteiger partial charge in [0.25, 0.3) is 0 Å². The smallest absolute Gasteiger partial charge is 0.224 e. The number of piperidine rings is 1. The molecule has 2 heterocycles. The number of hydrogen-bond donors (Lipinski definition) is 1. The number of nitrogens with one attached hydrogen (secondary N) is 1. The molecule has 1 aliphatic rings. The van der Waals surface area contributed by atoms with Crippen LogP contribution in [0.1, 0.15) is 33.6 Å². The molecule has 0 atom stereocenters. The van der Waals surface area contributed by atoms with Crippen molar-refractivity contribution in [3.8, 4) is 0 Å². The van der Waals surface area contributed by atoms with Gasteiger partial charge in [-0.2, -0.15) is 4.98 Å². The van der Waals surface area contributed by atoms with Crippen LogP contribution in [-0.2, 0) is 0 Å². The van der Waals surface area contributed by atoms with Gasteiger partial charge >= 0.3 is 0 Å². The van der Waals surface area contributed by atoms with E-state index in [1.165, 1.54) is 12.8 Å². The van der Waals surface area contributed by atoms with E-state index in [4.69, 9.17) is 0 Å². The summed E-state index contributed by atoms with van der Waals surface area (Å²) in [6.07, 6.45) is 4.38. The lowest BCUT2D eigenvalue weighted by Crippen LogP contribution is -2.40. The van der Waals surface area contributed by atoms with Gasteiger partial charge in [0.2, 0.25) is 5.95 Å².